The molecular weight excluding hydrogens is 234 g/mol. The van der Waals surface area contributed by atoms with Crippen molar-refractivity contribution in [1.82, 2.24) is 0 Å². The molecule has 100 valence electrons. The Labute approximate surface area is 107 Å². The average Bonchev–Trinajstić information content (AvgIpc) is 2.65. The summed E-state index contributed by atoms with van der Waals surface area (Å²) in [5.41, 5.74) is 0.355. The molecule has 0 bridgehead atoms. The van der Waals surface area contributed by atoms with Crippen molar-refractivity contribution in [3.63, 3.8) is 0 Å². The summed E-state index contributed by atoms with van der Waals surface area (Å²) in [6.07, 6.45) is 2.74. The van der Waals surface area contributed by atoms with Crippen molar-refractivity contribution in [2.75, 3.05) is 0 Å². The third-order valence-corrected chi connectivity index (χ3v) is 4.27. The highest BCUT2D eigenvalue weighted by atomic mass is 19.2. The first kappa shape index (κ1) is 13.5. The van der Waals surface area contributed by atoms with Crippen LogP contribution in [0, 0.1) is 23.0 Å². The van der Waals surface area contributed by atoms with E-state index in [4.69, 9.17) is 0 Å². The third-order valence-electron chi connectivity index (χ3n) is 4.27. The van der Waals surface area contributed by atoms with E-state index in [0.29, 0.717) is 0 Å². The summed E-state index contributed by atoms with van der Waals surface area (Å²) in [7, 11) is 0. The lowest BCUT2D eigenvalue weighted by atomic mass is 9.77. The molecule has 0 saturated heterocycles. The number of aliphatic hydroxyl groups excluding tert-OH is 1. The molecule has 0 aliphatic heterocycles. The molecule has 2 rings (SSSR count). The molecule has 1 aromatic rings. The van der Waals surface area contributed by atoms with Gasteiger partial charge in [-0.05, 0) is 35.8 Å². The number of hydrogen-bond acceptors (Lipinski definition) is 1. The number of aliphatic hydroxyl groups is 1. The minimum atomic E-state index is -0.842. The van der Waals surface area contributed by atoms with Gasteiger partial charge in [0.05, 0.1) is 6.10 Å². The molecule has 18 heavy (non-hydrogen) atoms. The summed E-state index contributed by atoms with van der Waals surface area (Å²) in [4.78, 5) is 0. The van der Waals surface area contributed by atoms with Crippen molar-refractivity contribution in [3.8, 4) is 0 Å². The highest BCUT2D eigenvalue weighted by molar-refractivity contribution is 5.20. The van der Waals surface area contributed by atoms with Crippen LogP contribution < -0.4 is 0 Å². The van der Waals surface area contributed by atoms with Crippen molar-refractivity contribution in [2.45, 2.75) is 45.6 Å². The lowest BCUT2D eigenvalue weighted by Gasteiger charge is -2.31. The van der Waals surface area contributed by atoms with Gasteiger partial charge in [0.1, 0.15) is 0 Å². The van der Waals surface area contributed by atoms with Gasteiger partial charge >= 0.3 is 0 Å². The van der Waals surface area contributed by atoms with Gasteiger partial charge < -0.3 is 5.11 Å². The van der Waals surface area contributed by atoms with Crippen molar-refractivity contribution in [2.24, 2.45) is 11.3 Å². The first-order valence-electron chi connectivity index (χ1n) is 6.53. The summed E-state index contributed by atoms with van der Waals surface area (Å²) in [5.74, 6) is -1.50. The van der Waals surface area contributed by atoms with Gasteiger partial charge in [-0.25, -0.2) is 8.78 Å². The van der Waals surface area contributed by atoms with Crippen molar-refractivity contribution in [1.29, 1.82) is 0 Å². The standard InChI is InChI=1S/C15H20F2O/c1-15(2)8-4-6-11(15)13(18)9-10-5-3-7-12(16)14(10)17/h3,5,7,11,13,18H,4,6,8-9H2,1-2H3. The third kappa shape index (κ3) is 2.56. The van der Waals surface area contributed by atoms with Crippen LogP contribution in [0.3, 0.4) is 0 Å². The molecule has 1 aliphatic carbocycles. The first-order chi connectivity index (χ1) is 8.42. The SMILES string of the molecule is CC1(C)CCCC1C(O)Cc1cccc(F)c1F. The molecule has 1 N–H and O–H groups in total. The molecule has 1 nitrogen and oxygen atoms in total. The molecule has 1 fully saturated rings. The average molecular weight is 254 g/mol. The fraction of sp³-hybridized carbons (Fsp3) is 0.600. The van der Waals surface area contributed by atoms with Crippen LogP contribution in [0.15, 0.2) is 18.2 Å². The maximum Gasteiger partial charge on any atom is 0.162 e. The van der Waals surface area contributed by atoms with Crippen LogP contribution in [-0.2, 0) is 6.42 Å². The summed E-state index contributed by atoms with van der Waals surface area (Å²) in [5, 5.41) is 10.3. The Morgan fingerprint density at radius 3 is 2.72 bits per heavy atom. The van der Waals surface area contributed by atoms with Gasteiger partial charge in [-0.2, -0.15) is 0 Å². The number of rotatable bonds is 3. The molecule has 1 saturated carbocycles. The van der Waals surface area contributed by atoms with E-state index in [1.54, 1.807) is 6.07 Å². The lowest BCUT2D eigenvalue weighted by Crippen LogP contribution is -2.31. The van der Waals surface area contributed by atoms with Crippen LogP contribution in [0.2, 0.25) is 0 Å². The van der Waals surface area contributed by atoms with Gasteiger partial charge in [-0.15, -0.1) is 0 Å². The number of halogens is 2. The van der Waals surface area contributed by atoms with Crippen LogP contribution in [0.5, 0.6) is 0 Å². The van der Waals surface area contributed by atoms with E-state index in [-0.39, 0.29) is 23.3 Å². The van der Waals surface area contributed by atoms with Crippen LogP contribution in [0.25, 0.3) is 0 Å². The van der Waals surface area contributed by atoms with Crippen LogP contribution in [-0.4, -0.2) is 11.2 Å². The van der Waals surface area contributed by atoms with Gasteiger partial charge in [0, 0.05) is 6.42 Å². The smallest absolute Gasteiger partial charge is 0.162 e. The molecule has 0 aromatic heterocycles. The molecule has 2 atom stereocenters. The lowest BCUT2D eigenvalue weighted by molar-refractivity contribution is 0.0535. The molecule has 2 unspecified atom stereocenters. The normalized spacial score (nSPS) is 24.2. The Bertz CT molecular complexity index is 429. The summed E-state index contributed by atoms with van der Waals surface area (Å²) in [6.45, 7) is 4.27. The monoisotopic (exact) mass is 254 g/mol. The van der Waals surface area contributed by atoms with Gasteiger partial charge in [-0.3, -0.25) is 0 Å². The van der Waals surface area contributed by atoms with Gasteiger partial charge in [-0.1, -0.05) is 32.4 Å². The van der Waals surface area contributed by atoms with E-state index in [0.717, 1.165) is 25.3 Å². The van der Waals surface area contributed by atoms with E-state index < -0.39 is 17.7 Å². The first-order valence-corrected chi connectivity index (χ1v) is 6.53. The molecule has 1 aliphatic rings. The Hall–Kier alpha value is -0.960. The highest BCUT2D eigenvalue weighted by Gasteiger charge is 2.39. The number of hydrogen-bond donors (Lipinski definition) is 1. The zero-order chi connectivity index (χ0) is 13.3. The Morgan fingerprint density at radius 1 is 1.39 bits per heavy atom. The van der Waals surface area contributed by atoms with Crippen LogP contribution in [0.4, 0.5) is 8.78 Å². The van der Waals surface area contributed by atoms with Crippen molar-refractivity contribution < 1.29 is 13.9 Å². The molecule has 1 aromatic carbocycles. The molecule has 0 spiro atoms. The van der Waals surface area contributed by atoms with Crippen molar-refractivity contribution in [3.05, 3.63) is 35.4 Å². The second-order valence-corrected chi connectivity index (χ2v) is 5.97. The summed E-state index contributed by atoms with van der Waals surface area (Å²) < 4.78 is 26.7. The number of benzene rings is 1. The minimum absolute atomic E-state index is 0.0865. The fourth-order valence-electron chi connectivity index (χ4n) is 3.14. The Kier molecular flexibility index (Phi) is 3.71. The summed E-state index contributed by atoms with van der Waals surface area (Å²) >= 11 is 0. The molecular formula is C15H20F2O. The Balaban J connectivity index is 2.12. The molecule has 3 heteroatoms. The quantitative estimate of drug-likeness (QED) is 0.872. The van der Waals surface area contributed by atoms with E-state index in [1.807, 2.05) is 0 Å². The zero-order valence-corrected chi connectivity index (χ0v) is 10.9. The molecule has 0 radical (unpaired) electrons. The van der Waals surface area contributed by atoms with Crippen LogP contribution >= 0.6 is 0 Å². The second kappa shape index (κ2) is 4.96. The van der Waals surface area contributed by atoms with Gasteiger partial charge in [0.2, 0.25) is 0 Å². The predicted molar refractivity (Wildman–Crippen MR) is 67.2 cm³/mol. The van der Waals surface area contributed by atoms with E-state index in [9.17, 15) is 13.9 Å². The van der Waals surface area contributed by atoms with Gasteiger partial charge in [0.15, 0.2) is 11.6 Å². The Morgan fingerprint density at radius 2 is 2.11 bits per heavy atom. The van der Waals surface area contributed by atoms with Gasteiger partial charge in [0.25, 0.3) is 0 Å². The maximum absolute atomic E-state index is 13.6. The summed E-state index contributed by atoms with van der Waals surface area (Å²) in [6, 6.07) is 4.13. The molecule has 0 amide bonds. The van der Waals surface area contributed by atoms with E-state index >= 15 is 0 Å². The van der Waals surface area contributed by atoms with Crippen molar-refractivity contribution >= 4 is 0 Å². The topological polar surface area (TPSA) is 20.2 Å². The van der Waals surface area contributed by atoms with Crippen LogP contribution in [0.1, 0.15) is 38.7 Å². The van der Waals surface area contributed by atoms with E-state index in [1.165, 1.54) is 6.07 Å². The fourth-order valence-corrected chi connectivity index (χ4v) is 3.14. The maximum atomic E-state index is 13.6. The highest BCUT2D eigenvalue weighted by Crippen LogP contribution is 2.45. The minimum Gasteiger partial charge on any atom is -0.392 e. The second-order valence-electron chi connectivity index (χ2n) is 5.97. The predicted octanol–water partition coefficient (Wildman–Crippen LogP) is 3.69. The molecule has 0 heterocycles. The van der Waals surface area contributed by atoms with E-state index in [2.05, 4.69) is 13.8 Å². The zero-order valence-electron chi connectivity index (χ0n) is 10.9. The largest absolute Gasteiger partial charge is 0.392 e.